The van der Waals surface area contributed by atoms with Crippen LogP contribution in [0.1, 0.15) is 15.9 Å². The lowest BCUT2D eigenvalue weighted by molar-refractivity contribution is -0.192. The van der Waals surface area contributed by atoms with Gasteiger partial charge in [-0.3, -0.25) is 9.59 Å². The number of carboxylic acids is 2. The predicted octanol–water partition coefficient (Wildman–Crippen LogP) is 2.33. The first-order chi connectivity index (χ1) is 15.4. The molecule has 2 aromatic rings. The van der Waals surface area contributed by atoms with Crippen molar-refractivity contribution in [3.63, 3.8) is 0 Å². The maximum Gasteiger partial charge on any atom is 0.490 e. The van der Waals surface area contributed by atoms with Crippen molar-refractivity contribution < 1.29 is 42.6 Å². The highest BCUT2D eigenvalue weighted by atomic mass is 32.2. The van der Waals surface area contributed by atoms with E-state index in [-0.39, 0.29) is 10.9 Å². The molecule has 0 heterocycles. The second kappa shape index (κ2) is 13.2. The molecule has 0 fully saturated rings. The molecule has 5 N–H and O–H groups in total. The molecule has 178 valence electrons. The second-order valence-corrected chi connectivity index (χ2v) is 7.46. The van der Waals surface area contributed by atoms with Gasteiger partial charge in [-0.25, -0.2) is 9.59 Å². The van der Waals surface area contributed by atoms with Gasteiger partial charge < -0.3 is 21.3 Å². The smallest absolute Gasteiger partial charge is 0.480 e. The number of rotatable bonds is 8. The molecule has 33 heavy (non-hydrogen) atoms. The lowest BCUT2D eigenvalue weighted by Crippen LogP contribution is -2.50. The Hall–Kier alpha value is -3.38. The van der Waals surface area contributed by atoms with Crippen LogP contribution in [0.4, 0.5) is 13.2 Å². The van der Waals surface area contributed by atoms with Crippen LogP contribution in [0.15, 0.2) is 60.7 Å². The minimum Gasteiger partial charge on any atom is -0.480 e. The van der Waals surface area contributed by atoms with E-state index in [1.807, 2.05) is 30.3 Å². The number of nitrogens with two attached hydrogens (primary N) is 1. The van der Waals surface area contributed by atoms with E-state index in [0.29, 0.717) is 12.0 Å². The molecule has 2 aromatic carbocycles. The number of benzene rings is 2. The summed E-state index contributed by atoms with van der Waals surface area (Å²) >= 11 is 0.848. The minimum absolute atomic E-state index is 0.0765. The van der Waals surface area contributed by atoms with Crippen molar-refractivity contribution in [1.82, 2.24) is 5.32 Å². The summed E-state index contributed by atoms with van der Waals surface area (Å²) in [5.41, 5.74) is 7.23. The van der Waals surface area contributed by atoms with Gasteiger partial charge in [0.25, 0.3) is 0 Å². The fourth-order valence-electron chi connectivity index (χ4n) is 2.23. The molecule has 0 saturated heterocycles. The first kappa shape index (κ1) is 27.7. The van der Waals surface area contributed by atoms with Crippen LogP contribution < -0.4 is 11.1 Å². The Morgan fingerprint density at radius 3 is 1.88 bits per heavy atom. The van der Waals surface area contributed by atoms with E-state index >= 15 is 0 Å². The highest BCUT2D eigenvalue weighted by Crippen LogP contribution is 2.14. The van der Waals surface area contributed by atoms with Crippen molar-refractivity contribution >= 4 is 34.7 Å². The standard InChI is InChI=1S/C19H20N2O4S.C2HF3O2/c20-15(11-13-7-3-1-4-8-13)17(22)21-16(18(23)24)12-26-19(25)14-9-5-2-6-10-14;3-2(4,5)1(6)7/h1-10,15-16H,11-12,20H2,(H,21,22)(H,23,24);(H,6,7)/t15-,16-;/m0./s1. The molecule has 0 unspecified atom stereocenters. The van der Waals surface area contributed by atoms with Gasteiger partial charge in [-0.2, -0.15) is 13.2 Å². The molecule has 0 saturated carbocycles. The molecule has 0 aromatic heterocycles. The maximum absolute atomic E-state index is 12.2. The minimum atomic E-state index is -5.08. The summed E-state index contributed by atoms with van der Waals surface area (Å²) in [6.45, 7) is 0. The summed E-state index contributed by atoms with van der Waals surface area (Å²) in [4.78, 5) is 44.5. The molecule has 2 atom stereocenters. The van der Waals surface area contributed by atoms with Gasteiger partial charge in [-0.1, -0.05) is 72.4 Å². The SMILES string of the molecule is N[C@@H](Cc1ccccc1)C(=O)N[C@@H](CSC(=O)c1ccccc1)C(=O)O.O=C(O)C(F)(F)F. The van der Waals surface area contributed by atoms with E-state index in [2.05, 4.69) is 5.32 Å². The topological polar surface area (TPSA) is 147 Å². The monoisotopic (exact) mass is 486 g/mol. The Morgan fingerprint density at radius 2 is 1.42 bits per heavy atom. The molecule has 0 aliphatic carbocycles. The van der Waals surface area contributed by atoms with Gasteiger partial charge in [-0.15, -0.1) is 0 Å². The molecule has 8 nitrogen and oxygen atoms in total. The molecular formula is C21H21F3N2O6S. The molecule has 0 aliphatic heterocycles. The summed E-state index contributed by atoms with van der Waals surface area (Å²) < 4.78 is 31.7. The van der Waals surface area contributed by atoms with Crippen LogP contribution in [0.2, 0.25) is 0 Å². The lowest BCUT2D eigenvalue weighted by Gasteiger charge is -2.17. The zero-order valence-corrected chi connectivity index (χ0v) is 17.8. The Labute approximate surface area is 191 Å². The maximum atomic E-state index is 12.2. The third kappa shape index (κ3) is 10.7. The number of alkyl halides is 3. The van der Waals surface area contributed by atoms with Crippen LogP contribution >= 0.6 is 11.8 Å². The van der Waals surface area contributed by atoms with Crippen molar-refractivity contribution in [3.05, 3.63) is 71.8 Å². The average molecular weight is 486 g/mol. The number of aliphatic carboxylic acids is 2. The number of carbonyl (C=O) groups is 4. The molecule has 0 radical (unpaired) electrons. The van der Waals surface area contributed by atoms with E-state index < -0.39 is 36.1 Å². The highest BCUT2D eigenvalue weighted by molar-refractivity contribution is 8.14. The number of carboxylic acid groups (broad SMARTS) is 2. The quantitative estimate of drug-likeness (QED) is 0.445. The molecule has 0 bridgehead atoms. The number of amides is 1. The van der Waals surface area contributed by atoms with Crippen LogP contribution in [-0.4, -0.2) is 57.2 Å². The van der Waals surface area contributed by atoms with Crippen LogP contribution in [0.25, 0.3) is 0 Å². The largest absolute Gasteiger partial charge is 0.490 e. The third-order valence-corrected chi connectivity index (χ3v) is 4.88. The summed E-state index contributed by atoms with van der Waals surface area (Å²) in [6.07, 6.45) is -4.78. The number of halogens is 3. The third-order valence-electron chi connectivity index (χ3n) is 3.88. The molecule has 0 spiro atoms. The Bertz CT molecular complexity index is 942. The first-order valence-corrected chi connectivity index (χ1v) is 10.2. The van der Waals surface area contributed by atoms with Crippen molar-refractivity contribution in [2.45, 2.75) is 24.7 Å². The summed E-state index contributed by atoms with van der Waals surface area (Å²) in [6, 6.07) is 15.7. The van der Waals surface area contributed by atoms with Gasteiger partial charge in [0.05, 0.1) is 6.04 Å². The van der Waals surface area contributed by atoms with Gasteiger partial charge in [0.15, 0.2) is 0 Å². The van der Waals surface area contributed by atoms with Crippen molar-refractivity contribution in [2.24, 2.45) is 5.73 Å². The zero-order chi connectivity index (χ0) is 25.0. The zero-order valence-electron chi connectivity index (χ0n) is 17.0. The molecule has 2 rings (SSSR count). The number of hydrogen-bond donors (Lipinski definition) is 4. The van der Waals surface area contributed by atoms with E-state index in [1.165, 1.54) is 0 Å². The number of carbonyl (C=O) groups excluding carboxylic acids is 2. The van der Waals surface area contributed by atoms with Crippen LogP contribution in [-0.2, 0) is 20.8 Å². The highest BCUT2D eigenvalue weighted by Gasteiger charge is 2.38. The molecule has 12 heteroatoms. The predicted molar refractivity (Wildman–Crippen MR) is 115 cm³/mol. The molecular weight excluding hydrogens is 465 g/mol. The Balaban J connectivity index is 0.000000675. The van der Waals surface area contributed by atoms with Gasteiger partial charge in [-0.05, 0) is 12.0 Å². The summed E-state index contributed by atoms with van der Waals surface area (Å²) in [5, 5.41) is 18.6. The average Bonchev–Trinajstić information content (AvgIpc) is 2.77. The van der Waals surface area contributed by atoms with Crippen LogP contribution in [0.5, 0.6) is 0 Å². The van der Waals surface area contributed by atoms with E-state index in [0.717, 1.165) is 17.3 Å². The van der Waals surface area contributed by atoms with Crippen molar-refractivity contribution in [2.75, 3.05) is 5.75 Å². The molecule has 1 amide bonds. The summed E-state index contributed by atoms with van der Waals surface area (Å²) in [5.74, 6) is -4.60. The van der Waals surface area contributed by atoms with Gasteiger partial charge >= 0.3 is 18.1 Å². The van der Waals surface area contributed by atoms with E-state index in [9.17, 15) is 32.7 Å². The van der Waals surface area contributed by atoms with Crippen LogP contribution in [0.3, 0.4) is 0 Å². The van der Waals surface area contributed by atoms with Crippen LogP contribution in [0, 0.1) is 0 Å². The lowest BCUT2D eigenvalue weighted by atomic mass is 10.1. The second-order valence-electron chi connectivity index (χ2n) is 6.46. The van der Waals surface area contributed by atoms with Crippen molar-refractivity contribution in [1.29, 1.82) is 0 Å². The van der Waals surface area contributed by atoms with Gasteiger partial charge in [0.2, 0.25) is 11.0 Å². The fraction of sp³-hybridized carbons (Fsp3) is 0.238. The van der Waals surface area contributed by atoms with Crippen molar-refractivity contribution in [3.8, 4) is 0 Å². The number of nitrogens with one attached hydrogen (secondary N) is 1. The van der Waals surface area contributed by atoms with Gasteiger partial charge in [0, 0.05) is 11.3 Å². The number of hydrogen-bond acceptors (Lipinski definition) is 6. The first-order valence-electron chi connectivity index (χ1n) is 9.26. The van der Waals surface area contributed by atoms with E-state index in [1.54, 1.807) is 30.3 Å². The number of thioether (sulfide) groups is 1. The fourth-order valence-corrected chi connectivity index (χ4v) is 3.08. The molecule has 0 aliphatic rings. The normalized spacial score (nSPS) is 12.5. The summed E-state index contributed by atoms with van der Waals surface area (Å²) in [7, 11) is 0. The Kier molecular flexibility index (Phi) is 11.1. The Morgan fingerprint density at radius 1 is 0.939 bits per heavy atom. The van der Waals surface area contributed by atoms with E-state index in [4.69, 9.17) is 15.6 Å². The van der Waals surface area contributed by atoms with Gasteiger partial charge in [0.1, 0.15) is 6.04 Å².